The molecule has 2 heterocycles. The minimum Gasteiger partial charge on any atom is -0.509 e. The molecular formula is C20H18N4O4. The average molecular weight is 378 g/mol. The van der Waals surface area contributed by atoms with Crippen LogP contribution in [0.15, 0.2) is 48.2 Å². The summed E-state index contributed by atoms with van der Waals surface area (Å²) in [5.41, 5.74) is 2.74. The Morgan fingerprint density at radius 1 is 1.25 bits per heavy atom. The molecule has 28 heavy (non-hydrogen) atoms. The molecular weight excluding hydrogens is 360 g/mol. The van der Waals surface area contributed by atoms with Gasteiger partial charge >= 0.3 is 5.97 Å². The molecule has 0 bridgehead atoms. The number of rotatable bonds is 4. The molecule has 0 saturated carbocycles. The Bertz CT molecular complexity index is 1130. The molecule has 8 heteroatoms. The number of anilines is 1. The fraction of sp³-hybridized carbons (Fsp3) is 0.150. The van der Waals surface area contributed by atoms with Crippen LogP contribution in [0.25, 0.3) is 16.6 Å². The zero-order chi connectivity index (χ0) is 19.8. The number of ether oxygens (including phenoxy) is 2. The Kier molecular flexibility index (Phi) is 4.23. The number of nitrogens with zero attached hydrogens (tertiary/aromatic N) is 2. The number of hydrogen-bond acceptors (Lipinski definition) is 6. The highest BCUT2D eigenvalue weighted by molar-refractivity contribution is 6.30. The van der Waals surface area contributed by atoms with Gasteiger partial charge in [0, 0.05) is 11.8 Å². The van der Waals surface area contributed by atoms with Gasteiger partial charge in [0.15, 0.2) is 0 Å². The van der Waals surface area contributed by atoms with Crippen molar-refractivity contribution in [2.45, 2.75) is 0 Å². The van der Waals surface area contributed by atoms with Crippen LogP contribution in [0.1, 0.15) is 16.2 Å². The summed E-state index contributed by atoms with van der Waals surface area (Å²) in [4.78, 5) is 21.0. The molecule has 4 rings (SSSR count). The van der Waals surface area contributed by atoms with E-state index in [0.717, 1.165) is 5.52 Å². The lowest BCUT2D eigenvalue weighted by Crippen LogP contribution is -2.26. The average Bonchev–Trinajstić information content (AvgIpc) is 3.26. The van der Waals surface area contributed by atoms with E-state index in [1.54, 1.807) is 48.4 Å². The molecule has 0 unspecified atom stereocenters. The molecule has 0 amide bonds. The predicted molar refractivity (Wildman–Crippen MR) is 105 cm³/mol. The molecule has 0 saturated heterocycles. The van der Waals surface area contributed by atoms with E-state index >= 15 is 0 Å². The first-order valence-electron chi connectivity index (χ1n) is 8.53. The highest BCUT2D eigenvalue weighted by Crippen LogP contribution is 2.31. The van der Waals surface area contributed by atoms with Gasteiger partial charge in [0.1, 0.15) is 23.2 Å². The van der Waals surface area contributed by atoms with Crippen LogP contribution >= 0.6 is 0 Å². The Hall–Kier alpha value is -3.81. The van der Waals surface area contributed by atoms with Crippen LogP contribution in [0.2, 0.25) is 0 Å². The summed E-state index contributed by atoms with van der Waals surface area (Å²) in [5, 5.41) is 19.1. The second-order valence-electron chi connectivity index (χ2n) is 6.27. The number of benzene rings is 2. The van der Waals surface area contributed by atoms with E-state index in [0.29, 0.717) is 33.9 Å². The minimum atomic E-state index is -0.462. The molecule has 0 spiro atoms. The van der Waals surface area contributed by atoms with E-state index in [4.69, 9.17) is 14.9 Å². The SMILES string of the molecule is COC(=O)c1cccc(N2CC(O)=C(c3nc4ccc(OC)cc4[nH]3)C2=N)c1. The maximum absolute atomic E-state index is 11.8. The Morgan fingerprint density at radius 3 is 2.82 bits per heavy atom. The van der Waals surface area contributed by atoms with Gasteiger partial charge in [-0.1, -0.05) is 6.07 Å². The van der Waals surface area contributed by atoms with E-state index in [2.05, 4.69) is 9.97 Å². The van der Waals surface area contributed by atoms with Gasteiger partial charge in [-0.3, -0.25) is 5.41 Å². The van der Waals surface area contributed by atoms with Gasteiger partial charge in [-0.05, 0) is 30.3 Å². The lowest BCUT2D eigenvalue weighted by atomic mass is 10.2. The van der Waals surface area contributed by atoms with Crippen LogP contribution in [0.5, 0.6) is 5.75 Å². The number of H-pyrrole nitrogens is 1. The number of aliphatic hydroxyl groups is 1. The summed E-state index contributed by atoms with van der Waals surface area (Å²) in [7, 11) is 2.90. The number of nitrogens with one attached hydrogen (secondary N) is 2. The molecule has 8 nitrogen and oxygen atoms in total. The number of aliphatic hydroxyl groups excluding tert-OH is 1. The van der Waals surface area contributed by atoms with E-state index in [1.165, 1.54) is 7.11 Å². The monoisotopic (exact) mass is 378 g/mol. The lowest BCUT2D eigenvalue weighted by Gasteiger charge is -2.19. The second kappa shape index (κ2) is 6.73. The van der Waals surface area contributed by atoms with Crippen LogP contribution in [-0.4, -0.2) is 47.6 Å². The summed E-state index contributed by atoms with van der Waals surface area (Å²) >= 11 is 0. The first-order valence-corrected chi connectivity index (χ1v) is 8.53. The fourth-order valence-corrected chi connectivity index (χ4v) is 3.20. The van der Waals surface area contributed by atoms with Crippen molar-refractivity contribution in [1.29, 1.82) is 5.41 Å². The maximum Gasteiger partial charge on any atom is 0.337 e. The number of imidazole rings is 1. The third-order valence-corrected chi connectivity index (χ3v) is 4.61. The maximum atomic E-state index is 11.8. The first-order chi connectivity index (χ1) is 13.5. The van der Waals surface area contributed by atoms with Crippen molar-refractivity contribution >= 4 is 34.1 Å². The van der Waals surface area contributed by atoms with Gasteiger partial charge < -0.3 is 24.5 Å². The van der Waals surface area contributed by atoms with E-state index in [9.17, 15) is 9.90 Å². The number of methoxy groups -OCH3 is 2. The summed E-state index contributed by atoms with van der Waals surface area (Å²) in [5.74, 6) is 0.738. The van der Waals surface area contributed by atoms with Gasteiger partial charge in [0.05, 0.1) is 42.9 Å². The molecule has 1 aliphatic heterocycles. The molecule has 0 atom stereocenters. The van der Waals surface area contributed by atoms with Crippen LogP contribution < -0.4 is 9.64 Å². The van der Waals surface area contributed by atoms with E-state index < -0.39 is 5.97 Å². The largest absolute Gasteiger partial charge is 0.509 e. The summed E-state index contributed by atoms with van der Waals surface area (Å²) in [6, 6.07) is 12.1. The number of fused-ring (bicyclic) bond motifs is 1. The van der Waals surface area contributed by atoms with Crippen molar-refractivity contribution in [3.8, 4) is 5.75 Å². The van der Waals surface area contributed by atoms with Gasteiger partial charge in [-0.2, -0.15) is 0 Å². The highest BCUT2D eigenvalue weighted by atomic mass is 16.5. The normalized spacial score (nSPS) is 14.1. The number of aromatic nitrogens is 2. The lowest BCUT2D eigenvalue weighted by molar-refractivity contribution is 0.0601. The van der Waals surface area contributed by atoms with Crippen molar-refractivity contribution in [2.24, 2.45) is 0 Å². The Labute approximate surface area is 160 Å². The standard InChI is InChI=1S/C20H18N4O4/c1-27-13-6-7-14-15(9-13)23-19(22-14)17-16(25)10-24(18(17)21)12-5-3-4-11(8-12)20(26)28-2/h3-9,21,25H,10H2,1-2H3,(H,22,23). The zero-order valence-corrected chi connectivity index (χ0v) is 15.3. The van der Waals surface area contributed by atoms with Crippen molar-refractivity contribution < 1.29 is 19.4 Å². The highest BCUT2D eigenvalue weighted by Gasteiger charge is 2.31. The van der Waals surface area contributed by atoms with Crippen LogP contribution in [0, 0.1) is 5.41 Å². The quantitative estimate of drug-likeness (QED) is 0.602. The number of carbonyl (C=O) groups is 1. The molecule has 142 valence electrons. The third-order valence-electron chi connectivity index (χ3n) is 4.61. The third kappa shape index (κ3) is 2.84. The smallest absolute Gasteiger partial charge is 0.337 e. The second-order valence-corrected chi connectivity index (χ2v) is 6.27. The topological polar surface area (TPSA) is 112 Å². The molecule has 0 fully saturated rings. The van der Waals surface area contributed by atoms with Gasteiger partial charge in [-0.15, -0.1) is 0 Å². The molecule has 0 aliphatic carbocycles. The van der Waals surface area contributed by atoms with Gasteiger partial charge in [0.2, 0.25) is 0 Å². The minimum absolute atomic E-state index is 0.0273. The number of amidine groups is 1. The Morgan fingerprint density at radius 2 is 2.07 bits per heavy atom. The van der Waals surface area contributed by atoms with Crippen molar-refractivity contribution in [3.05, 3.63) is 59.6 Å². The van der Waals surface area contributed by atoms with E-state index in [-0.39, 0.29) is 18.1 Å². The number of esters is 1. The summed E-state index contributed by atoms with van der Waals surface area (Å²) < 4.78 is 9.97. The predicted octanol–water partition coefficient (Wildman–Crippen LogP) is 3.12. The van der Waals surface area contributed by atoms with Gasteiger partial charge in [-0.25, -0.2) is 9.78 Å². The molecule has 3 aromatic rings. The van der Waals surface area contributed by atoms with Crippen molar-refractivity contribution in [1.82, 2.24) is 9.97 Å². The number of carbonyl (C=O) groups excluding carboxylic acids is 1. The zero-order valence-electron chi connectivity index (χ0n) is 15.3. The first kappa shape index (κ1) is 17.6. The number of hydrogen-bond donors (Lipinski definition) is 3. The van der Waals surface area contributed by atoms with Crippen LogP contribution in [0.3, 0.4) is 0 Å². The number of aromatic amines is 1. The molecule has 3 N–H and O–H groups in total. The molecule has 1 aliphatic rings. The molecule has 1 aromatic heterocycles. The van der Waals surface area contributed by atoms with Crippen molar-refractivity contribution in [2.75, 3.05) is 25.7 Å². The molecule has 0 radical (unpaired) electrons. The van der Waals surface area contributed by atoms with Gasteiger partial charge in [0.25, 0.3) is 0 Å². The van der Waals surface area contributed by atoms with Crippen molar-refractivity contribution in [3.63, 3.8) is 0 Å². The Balaban J connectivity index is 1.68. The summed E-state index contributed by atoms with van der Waals surface area (Å²) in [6.07, 6.45) is 0. The van der Waals surface area contributed by atoms with Crippen LogP contribution in [-0.2, 0) is 4.74 Å². The fourth-order valence-electron chi connectivity index (χ4n) is 3.20. The van der Waals surface area contributed by atoms with Crippen LogP contribution in [0.4, 0.5) is 5.69 Å². The summed E-state index contributed by atoms with van der Waals surface area (Å²) in [6.45, 7) is 0.110. The van der Waals surface area contributed by atoms with E-state index in [1.807, 2.05) is 6.07 Å². The molecule has 2 aromatic carbocycles.